The molecule has 0 amide bonds. The minimum absolute atomic E-state index is 0.285. The third kappa shape index (κ3) is 6.03. The predicted molar refractivity (Wildman–Crippen MR) is 74.9 cm³/mol. The Morgan fingerprint density at radius 1 is 1.26 bits per heavy atom. The number of halogens is 1. The molecule has 0 aliphatic rings. The van der Waals surface area contributed by atoms with Gasteiger partial charge in [0.05, 0.1) is 13.7 Å². The van der Waals surface area contributed by atoms with E-state index in [2.05, 4.69) is 19.2 Å². The third-order valence-corrected chi connectivity index (χ3v) is 2.84. The van der Waals surface area contributed by atoms with Crippen molar-refractivity contribution in [3.8, 4) is 5.75 Å². The Kier molecular flexibility index (Phi) is 7.45. The van der Waals surface area contributed by atoms with Gasteiger partial charge in [-0.3, -0.25) is 0 Å². The van der Waals surface area contributed by atoms with Crippen molar-refractivity contribution in [1.82, 2.24) is 5.32 Å². The maximum atomic E-state index is 13.8. The standard InChI is InChI=1S/C15H24FNO2/c1-12(2)7-9-19-10-8-17-11-13-5-4-6-14(18-3)15(13)16/h4-6,12,17H,7-11H2,1-3H3. The van der Waals surface area contributed by atoms with Crippen LogP contribution in [-0.4, -0.2) is 26.9 Å². The molecule has 0 aliphatic heterocycles. The number of benzene rings is 1. The van der Waals surface area contributed by atoms with Crippen LogP contribution in [-0.2, 0) is 11.3 Å². The summed E-state index contributed by atoms with van der Waals surface area (Å²) in [6.07, 6.45) is 1.07. The van der Waals surface area contributed by atoms with Crippen LogP contribution in [0, 0.1) is 11.7 Å². The van der Waals surface area contributed by atoms with Crippen LogP contribution < -0.4 is 10.1 Å². The molecule has 0 saturated heterocycles. The molecule has 1 aromatic carbocycles. The van der Waals surface area contributed by atoms with Gasteiger partial charge in [-0.25, -0.2) is 4.39 Å². The Labute approximate surface area is 115 Å². The second-order valence-corrected chi connectivity index (χ2v) is 4.91. The van der Waals surface area contributed by atoms with Crippen LogP contribution in [0.15, 0.2) is 18.2 Å². The normalized spacial score (nSPS) is 11.0. The molecule has 0 radical (unpaired) electrons. The van der Waals surface area contributed by atoms with Crippen LogP contribution in [0.1, 0.15) is 25.8 Å². The Bertz CT molecular complexity index is 369. The summed E-state index contributed by atoms with van der Waals surface area (Å²) in [6.45, 7) is 6.98. The summed E-state index contributed by atoms with van der Waals surface area (Å²) in [5.74, 6) is 0.657. The van der Waals surface area contributed by atoms with Crippen molar-refractivity contribution in [2.75, 3.05) is 26.9 Å². The van der Waals surface area contributed by atoms with Crippen molar-refractivity contribution >= 4 is 0 Å². The first-order valence-corrected chi connectivity index (χ1v) is 6.75. The first kappa shape index (κ1) is 15.9. The second kappa shape index (κ2) is 8.88. The molecule has 0 unspecified atom stereocenters. The summed E-state index contributed by atoms with van der Waals surface area (Å²) in [5.41, 5.74) is 0.613. The molecule has 108 valence electrons. The van der Waals surface area contributed by atoms with E-state index in [9.17, 15) is 4.39 Å². The van der Waals surface area contributed by atoms with Gasteiger partial charge >= 0.3 is 0 Å². The third-order valence-electron chi connectivity index (χ3n) is 2.84. The molecule has 0 heterocycles. The summed E-state index contributed by atoms with van der Waals surface area (Å²) in [6, 6.07) is 5.16. The van der Waals surface area contributed by atoms with Crippen molar-refractivity contribution in [2.45, 2.75) is 26.8 Å². The summed E-state index contributed by atoms with van der Waals surface area (Å²) < 4.78 is 24.2. The van der Waals surface area contributed by atoms with Gasteiger partial charge in [0, 0.05) is 25.3 Å². The van der Waals surface area contributed by atoms with Gasteiger partial charge in [-0.2, -0.15) is 0 Å². The average molecular weight is 269 g/mol. The highest BCUT2D eigenvalue weighted by Crippen LogP contribution is 2.19. The fraction of sp³-hybridized carbons (Fsp3) is 0.600. The van der Waals surface area contributed by atoms with Gasteiger partial charge in [0.1, 0.15) is 0 Å². The maximum Gasteiger partial charge on any atom is 0.169 e. The fourth-order valence-electron chi connectivity index (χ4n) is 1.64. The highest BCUT2D eigenvalue weighted by Gasteiger charge is 2.07. The molecular weight excluding hydrogens is 245 g/mol. The van der Waals surface area contributed by atoms with E-state index < -0.39 is 0 Å². The zero-order chi connectivity index (χ0) is 14.1. The molecular formula is C15H24FNO2. The average Bonchev–Trinajstić information content (AvgIpc) is 2.39. The number of methoxy groups -OCH3 is 1. The van der Waals surface area contributed by atoms with Gasteiger partial charge in [0.2, 0.25) is 0 Å². The molecule has 0 atom stereocenters. The first-order chi connectivity index (χ1) is 9.15. The van der Waals surface area contributed by atoms with Crippen molar-refractivity contribution in [3.05, 3.63) is 29.6 Å². The van der Waals surface area contributed by atoms with Gasteiger partial charge in [-0.1, -0.05) is 26.0 Å². The molecule has 0 saturated carbocycles. The molecule has 3 nitrogen and oxygen atoms in total. The number of hydrogen-bond acceptors (Lipinski definition) is 3. The SMILES string of the molecule is COc1cccc(CNCCOCCC(C)C)c1F. The molecule has 1 N–H and O–H groups in total. The minimum Gasteiger partial charge on any atom is -0.494 e. The lowest BCUT2D eigenvalue weighted by Gasteiger charge is -2.09. The van der Waals surface area contributed by atoms with Crippen LogP contribution in [0.3, 0.4) is 0 Å². The molecule has 1 aromatic rings. The molecule has 4 heteroatoms. The van der Waals surface area contributed by atoms with Crippen LogP contribution in [0.4, 0.5) is 4.39 Å². The lowest BCUT2D eigenvalue weighted by atomic mass is 10.1. The first-order valence-electron chi connectivity index (χ1n) is 6.75. The Morgan fingerprint density at radius 3 is 2.74 bits per heavy atom. The summed E-state index contributed by atoms with van der Waals surface area (Å²) in [5, 5.41) is 3.16. The quantitative estimate of drug-likeness (QED) is 0.699. The zero-order valence-corrected chi connectivity index (χ0v) is 12.0. The minimum atomic E-state index is -0.293. The molecule has 0 aromatic heterocycles. The van der Waals surface area contributed by atoms with E-state index in [1.54, 1.807) is 18.2 Å². The van der Waals surface area contributed by atoms with Crippen molar-refractivity contribution in [1.29, 1.82) is 0 Å². The van der Waals surface area contributed by atoms with Crippen LogP contribution in [0.25, 0.3) is 0 Å². The smallest absolute Gasteiger partial charge is 0.169 e. The summed E-state index contributed by atoms with van der Waals surface area (Å²) in [7, 11) is 1.47. The van der Waals surface area contributed by atoms with Gasteiger partial charge < -0.3 is 14.8 Å². The Hall–Kier alpha value is -1.13. The van der Waals surface area contributed by atoms with Crippen LogP contribution in [0.2, 0.25) is 0 Å². The zero-order valence-electron chi connectivity index (χ0n) is 12.0. The number of rotatable bonds is 9. The molecule has 19 heavy (non-hydrogen) atoms. The number of ether oxygens (including phenoxy) is 2. The predicted octanol–water partition coefficient (Wildman–Crippen LogP) is 2.99. The van der Waals surface area contributed by atoms with Gasteiger partial charge in [-0.15, -0.1) is 0 Å². The highest BCUT2D eigenvalue weighted by molar-refractivity contribution is 5.30. The van der Waals surface area contributed by atoms with E-state index in [1.165, 1.54) is 7.11 Å². The Morgan fingerprint density at radius 2 is 2.05 bits per heavy atom. The largest absolute Gasteiger partial charge is 0.494 e. The van der Waals surface area contributed by atoms with Crippen LogP contribution >= 0.6 is 0 Å². The molecule has 0 fully saturated rings. The van der Waals surface area contributed by atoms with Gasteiger partial charge in [-0.05, 0) is 18.4 Å². The van der Waals surface area contributed by atoms with Crippen molar-refractivity contribution in [3.63, 3.8) is 0 Å². The van der Waals surface area contributed by atoms with Gasteiger partial charge in [0.25, 0.3) is 0 Å². The number of nitrogens with one attached hydrogen (secondary N) is 1. The number of hydrogen-bond donors (Lipinski definition) is 1. The maximum absolute atomic E-state index is 13.8. The second-order valence-electron chi connectivity index (χ2n) is 4.91. The lowest BCUT2D eigenvalue weighted by molar-refractivity contribution is 0.125. The Balaban J connectivity index is 2.19. The van der Waals surface area contributed by atoms with Crippen molar-refractivity contribution < 1.29 is 13.9 Å². The fourth-order valence-corrected chi connectivity index (χ4v) is 1.64. The molecule has 1 rings (SSSR count). The summed E-state index contributed by atoms with van der Waals surface area (Å²) in [4.78, 5) is 0. The summed E-state index contributed by atoms with van der Waals surface area (Å²) >= 11 is 0. The molecule has 0 aliphatic carbocycles. The van der Waals surface area contributed by atoms with E-state index in [4.69, 9.17) is 9.47 Å². The van der Waals surface area contributed by atoms with E-state index in [1.807, 2.05) is 0 Å². The van der Waals surface area contributed by atoms with E-state index in [0.29, 0.717) is 24.6 Å². The van der Waals surface area contributed by atoms with E-state index in [-0.39, 0.29) is 11.6 Å². The molecule has 0 spiro atoms. The lowest BCUT2D eigenvalue weighted by Crippen LogP contribution is -2.20. The van der Waals surface area contributed by atoms with E-state index in [0.717, 1.165) is 19.6 Å². The van der Waals surface area contributed by atoms with Crippen LogP contribution in [0.5, 0.6) is 5.75 Å². The highest BCUT2D eigenvalue weighted by atomic mass is 19.1. The van der Waals surface area contributed by atoms with Gasteiger partial charge in [0.15, 0.2) is 11.6 Å². The topological polar surface area (TPSA) is 30.5 Å². The molecule has 0 bridgehead atoms. The van der Waals surface area contributed by atoms with E-state index >= 15 is 0 Å². The monoisotopic (exact) mass is 269 g/mol. The van der Waals surface area contributed by atoms with Crippen molar-refractivity contribution in [2.24, 2.45) is 5.92 Å².